The van der Waals surface area contributed by atoms with E-state index in [1.807, 2.05) is 0 Å². The molecule has 2 aromatic rings. The Labute approximate surface area is 113 Å². The Kier molecular flexibility index (Phi) is 4.89. The minimum Gasteiger partial charge on any atom is -0.365 e. The number of halogens is 3. The third-order valence-electron chi connectivity index (χ3n) is 2.27. The molecule has 2 N–H and O–H groups in total. The van der Waals surface area contributed by atoms with Gasteiger partial charge in [-0.05, 0) is 6.92 Å². The Hall–Kier alpha value is -2.32. The van der Waals surface area contributed by atoms with E-state index in [4.69, 9.17) is 5.73 Å². The predicted octanol–water partition coefficient (Wildman–Crippen LogP) is 1.32. The van der Waals surface area contributed by atoms with E-state index in [1.165, 1.54) is 24.0 Å². The first-order chi connectivity index (χ1) is 9.22. The van der Waals surface area contributed by atoms with Crippen molar-refractivity contribution in [3.63, 3.8) is 0 Å². The van der Waals surface area contributed by atoms with Crippen molar-refractivity contribution in [1.29, 1.82) is 0 Å². The molecule has 0 aliphatic carbocycles. The quantitative estimate of drug-likeness (QED) is 0.905. The Bertz CT molecular complexity index is 586. The van der Waals surface area contributed by atoms with Crippen LogP contribution in [0.3, 0.4) is 0 Å². The standard InChI is InChI=1S/C6H7F2N3O.C5H7FN2/c1-11-2-3(6(9)12)4(10-11)5(7)8;1-4-3-5(6)8(2)7-4/h2,5H,1H3,(H2,9,12);3H,1-2H3. The second-order valence-corrected chi connectivity index (χ2v) is 4.00. The summed E-state index contributed by atoms with van der Waals surface area (Å²) >= 11 is 0. The number of nitrogens with zero attached hydrogens (tertiary/aromatic N) is 4. The molecule has 0 unspecified atom stereocenters. The van der Waals surface area contributed by atoms with E-state index >= 15 is 0 Å². The predicted molar refractivity (Wildman–Crippen MR) is 64.6 cm³/mol. The molecule has 0 fully saturated rings. The van der Waals surface area contributed by atoms with Gasteiger partial charge in [0, 0.05) is 26.4 Å². The zero-order valence-electron chi connectivity index (χ0n) is 11.1. The maximum atomic E-state index is 12.2. The molecule has 0 aliphatic heterocycles. The molecule has 1 amide bonds. The fourth-order valence-corrected chi connectivity index (χ4v) is 1.44. The van der Waals surface area contributed by atoms with Gasteiger partial charge in [-0.2, -0.15) is 14.6 Å². The van der Waals surface area contributed by atoms with Crippen molar-refractivity contribution in [3.8, 4) is 0 Å². The van der Waals surface area contributed by atoms with Crippen molar-refractivity contribution in [3.05, 3.63) is 35.2 Å². The van der Waals surface area contributed by atoms with Gasteiger partial charge in [0.15, 0.2) is 0 Å². The maximum absolute atomic E-state index is 12.2. The molecule has 20 heavy (non-hydrogen) atoms. The molecule has 0 saturated carbocycles. The van der Waals surface area contributed by atoms with Crippen molar-refractivity contribution in [2.24, 2.45) is 19.8 Å². The summed E-state index contributed by atoms with van der Waals surface area (Å²) in [6.07, 6.45) is -1.60. The van der Waals surface area contributed by atoms with Gasteiger partial charge >= 0.3 is 0 Å². The molecule has 0 bridgehead atoms. The zero-order valence-corrected chi connectivity index (χ0v) is 11.1. The fraction of sp³-hybridized carbons (Fsp3) is 0.364. The SMILES string of the molecule is Cc1cc(F)n(C)n1.Cn1cc(C(N)=O)c(C(F)F)n1. The molecule has 0 radical (unpaired) electrons. The number of nitrogens with two attached hydrogens (primary N) is 1. The molecule has 0 spiro atoms. The number of primary amides is 1. The summed E-state index contributed by atoms with van der Waals surface area (Å²) in [5, 5.41) is 7.15. The van der Waals surface area contributed by atoms with Crippen LogP contribution in [-0.2, 0) is 14.1 Å². The van der Waals surface area contributed by atoms with Crippen LogP contribution in [0.15, 0.2) is 12.3 Å². The summed E-state index contributed by atoms with van der Waals surface area (Å²) in [4.78, 5) is 10.6. The van der Waals surface area contributed by atoms with E-state index in [0.717, 1.165) is 4.68 Å². The molecule has 2 rings (SSSR count). The molecular weight excluding hydrogens is 275 g/mol. The van der Waals surface area contributed by atoms with Gasteiger partial charge in [-0.15, -0.1) is 0 Å². The van der Waals surface area contributed by atoms with Crippen LogP contribution in [-0.4, -0.2) is 25.5 Å². The summed E-state index contributed by atoms with van der Waals surface area (Å²) in [6.45, 7) is 1.75. The molecule has 9 heteroatoms. The summed E-state index contributed by atoms with van der Waals surface area (Å²) in [5.41, 5.74) is 4.76. The van der Waals surface area contributed by atoms with Crippen LogP contribution in [0.1, 0.15) is 28.2 Å². The highest BCUT2D eigenvalue weighted by Gasteiger charge is 2.20. The van der Waals surface area contributed by atoms with Crippen LogP contribution in [0, 0.1) is 12.9 Å². The van der Waals surface area contributed by atoms with Gasteiger partial charge in [0.2, 0.25) is 5.95 Å². The van der Waals surface area contributed by atoms with Gasteiger partial charge in [0.1, 0.15) is 5.69 Å². The van der Waals surface area contributed by atoms with E-state index in [0.29, 0.717) is 5.69 Å². The van der Waals surface area contributed by atoms with Gasteiger partial charge in [0.25, 0.3) is 12.3 Å². The molecule has 6 nitrogen and oxygen atoms in total. The van der Waals surface area contributed by atoms with Gasteiger partial charge < -0.3 is 5.73 Å². The largest absolute Gasteiger partial charge is 0.365 e. The Morgan fingerprint density at radius 1 is 1.35 bits per heavy atom. The third kappa shape index (κ3) is 3.84. The van der Waals surface area contributed by atoms with Crippen LogP contribution in [0.5, 0.6) is 0 Å². The number of hydrogen-bond acceptors (Lipinski definition) is 3. The second-order valence-electron chi connectivity index (χ2n) is 4.00. The average Bonchev–Trinajstić information content (AvgIpc) is 2.83. The zero-order chi connectivity index (χ0) is 15.4. The molecule has 0 aromatic carbocycles. The van der Waals surface area contributed by atoms with E-state index < -0.39 is 18.0 Å². The number of carbonyl (C=O) groups is 1. The lowest BCUT2D eigenvalue weighted by Gasteiger charge is -1.94. The van der Waals surface area contributed by atoms with E-state index in [1.54, 1.807) is 14.0 Å². The van der Waals surface area contributed by atoms with Crippen molar-refractivity contribution in [2.75, 3.05) is 0 Å². The molecular formula is C11H14F3N5O. The summed E-state index contributed by atoms with van der Waals surface area (Å²) in [7, 11) is 3.01. The molecule has 0 saturated heterocycles. The van der Waals surface area contributed by atoms with Crippen LogP contribution in [0.25, 0.3) is 0 Å². The highest BCUT2D eigenvalue weighted by atomic mass is 19.3. The maximum Gasteiger partial charge on any atom is 0.282 e. The minimum atomic E-state index is -2.77. The highest BCUT2D eigenvalue weighted by Crippen LogP contribution is 2.20. The van der Waals surface area contributed by atoms with Crippen LogP contribution in [0.2, 0.25) is 0 Å². The fourth-order valence-electron chi connectivity index (χ4n) is 1.44. The monoisotopic (exact) mass is 289 g/mol. The number of aryl methyl sites for hydroxylation is 3. The number of aromatic nitrogens is 4. The molecule has 0 aliphatic rings. The van der Waals surface area contributed by atoms with Crippen molar-refractivity contribution in [1.82, 2.24) is 19.6 Å². The van der Waals surface area contributed by atoms with Crippen molar-refractivity contribution >= 4 is 5.91 Å². The van der Waals surface area contributed by atoms with Gasteiger partial charge in [-0.1, -0.05) is 0 Å². The summed E-state index contributed by atoms with van der Waals surface area (Å²) in [6, 6.07) is 1.39. The van der Waals surface area contributed by atoms with E-state index in [-0.39, 0.29) is 11.5 Å². The normalized spacial score (nSPS) is 10.3. The van der Waals surface area contributed by atoms with Gasteiger partial charge in [0.05, 0.1) is 11.3 Å². The first kappa shape index (κ1) is 15.7. The summed E-state index contributed by atoms with van der Waals surface area (Å²) < 4.78 is 38.8. The third-order valence-corrected chi connectivity index (χ3v) is 2.27. The van der Waals surface area contributed by atoms with Crippen LogP contribution >= 0.6 is 0 Å². The highest BCUT2D eigenvalue weighted by molar-refractivity contribution is 5.93. The Morgan fingerprint density at radius 2 is 1.95 bits per heavy atom. The number of amides is 1. The summed E-state index contributed by atoms with van der Waals surface area (Å²) in [5.74, 6) is -1.18. The lowest BCUT2D eigenvalue weighted by Crippen LogP contribution is -2.12. The molecule has 110 valence electrons. The first-order valence-electron chi connectivity index (χ1n) is 5.50. The first-order valence-corrected chi connectivity index (χ1v) is 5.50. The number of alkyl halides is 2. The average molecular weight is 289 g/mol. The Balaban J connectivity index is 0.000000217. The van der Waals surface area contributed by atoms with Crippen LogP contribution in [0.4, 0.5) is 13.2 Å². The van der Waals surface area contributed by atoms with E-state index in [2.05, 4.69) is 10.2 Å². The minimum absolute atomic E-state index is 0.229. The Morgan fingerprint density at radius 3 is 2.20 bits per heavy atom. The molecule has 0 atom stereocenters. The smallest absolute Gasteiger partial charge is 0.282 e. The lowest BCUT2D eigenvalue weighted by molar-refractivity contribution is 0.0985. The topological polar surface area (TPSA) is 78.7 Å². The van der Waals surface area contributed by atoms with Crippen LogP contribution < -0.4 is 5.73 Å². The van der Waals surface area contributed by atoms with Crippen molar-refractivity contribution in [2.45, 2.75) is 13.3 Å². The van der Waals surface area contributed by atoms with Gasteiger partial charge in [-0.3, -0.25) is 9.48 Å². The number of hydrogen-bond donors (Lipinski definition) is 1. The number of rotatable bonds is 2. The molecule has 2 aromatic heterocycles. The van der Waals surface area contributed by atoms with Crippen molar-refractivity contribution < 1.29 is 18.0 Å². The molecule has 2 heterocycles. The lowest BCUT2D eigenvalue weighted by atomic mass is 10.2. The second kappa shape index (κ2) is 6.22. The van der Waals surface area contributed by atoms with E-state index in [9.17, 15) is 18.0 Å². The number of carbonyl (C=O) groups excluding carboxylic acids is 1. The van der Waals surface area contributed by atoms with Gasteiger partial charge in [-0.25, -0.2) is 13.5 Å².